The Bertz CT molecular complexity index is 378. The number of ketones is 1. The van der Waals surface area contributed by atoms with Gasteiger partial charge in [0.15, 0.2) is 5.78 Å². The summed E-state index contributed by atoms with van der Waals surface area (Å²) in [7, 11) is 0. The van der Waals surface area contributed by atoms with Crippen LogP contribution in [-0.4, -0.2) is 10.6 Å². The van der Waals surface area contributed by atoms with Crippen LogP contribution in [0.1, 0.15) is 21.3 Å². The normalized spacial score (nSPS) is 17.3. The largest absolute Gasteiger partial charge is 0.293 e. The van der Waals surface area contributed by atoms with Gasteiger partial charge in [0.05, 0.1) is 4.83 Å². The summed E-state index contributed by atoms with van der Waals surface area (Å²) in [6.07, 6.45) is 0. The summed E-state index contributed by atoms with van der Waals surface area (Å²) in [6, 6.07) is 6.21. The molecule has 1 nitrogen and oxygen atoms in total. The Hall–Kier alpha value is -0.340. The number of hydrogen-bond acceptors (Lipinski definition) is 1. The topological polar surface area (TPSA) is 17.1 Å². The number of hydrogen-bond donors (Lipinski definition) is 0. The minimum Gasteiger partial charge on any atom is -0.293 e. The van der Waals surface area contributed by atoms with Crippen molar-refractivity contribution in [3.05, 3.63) is 34.9 Å². The van der Waals surface area contributed by atoms with Gasteiger partial charge in [-0.1, -0.05) is 39.7 Å². The monoisotopic (exact) mass is 249 g/mol. The highest BCUT2D eigenvalue weighted by atomic mass is 79.9. The highest BCUT2D eigenvalue weighted by Gasteiger charge is 2.11. The lowest BCUT2D eigenvalue weighted by molar-refractivity contribution is 0.0996. The molecule has 0 aliphatic carbocycles. The average molecular weight is 251 g/mol. The summed E-state index contributed by atoms with van der Waals surface area (Å²) in [5.74, 6) is -0.488. The fourth-order valence-corrected chi connectivity index (χ4v) is 1.24. The summed E-state index contributed by atoms with van der Waals surface area (Å²) >= 11 is 8.57. The van der Waals surface area contributed by atoms with E-state index in [-0.39, 0.29) is 0 Å². The standard InChI is InChI=1S/C9H8BrClO/c1-6(10)9(12)7-3-2-4-8(11)5-7/h2-6H,1H3/i1D3. The van der Waals surface area contributed by atoms with Gasteiger partial charge in [-0.3, -0.25) is 4.79 Å². The van der Waals surface area contributed by atoms with Gasteiger partial charge in [-0.05, 0) is 19.0 Å². The number of halogens is 2. The SMILES string of the molecule is [2H]C([2H])([2H])C(Br)C(=O)c1cccc(Cl)c1. The molecule has 0 heterocycles. The molecule has 64 valence electrons. The van der Waals surface area contributed by atoms with Gasteiger partial charge in [-0.2, -0.15) is 0 Å². The molecule has 3 heteroatoms. The van der Waals surface area contributed by atoms with Gasteiger partial charge < -0.3 is 0 Å². The third kappa shape index (κ3) is 2.32. The molecule has 0 saturated carbocycles. The van der Waals surface area contributed by atoms with E-state index in [0.717, 1.165) is 0 Å². The van der Waals surface area contributed by atoms with Crippen molar-refractivity contribution in [1.29, 1.82) is 0 Å². The summed E-state index contributed by atoms with van der Waals surface area (Å²) in [4.78, 5) is 10.5. The number of Topliss-reactive ketones (excluding diaryl/α,β-unsaturated/α-hetero) is 1. The van der Waals surface area contributed by atoms with Gasteiger partial charge in [0, 0.05) is 14.7 Å². The van der Waals surface area contributed by atoms with Crippen molar-refractivity contribution in [1.82, 2.24) is 0 Å². The smallest absolute Gasteiger partial charge is 0.176 e. The lowest BCUT2D eigenvalue weighted by atomic mass is 10.1. The van der Waals surface area contributed by atoms with Crippen LogP contribution in [0.25, 0.3) is 0 Å². The van der Waals surface area contributed by atoms with Crippen molar-refractivity contribution in [3.8, 4) is 0 Å². The van der Waals surface area contributed by atoms with E-state index >= 15 is 0 Å². The molecule has 1 aromatic rings. The maximum Gasteiger partial charge on any atom is 0.176 e. The summed E-state index contributed by atoms with van der Waals surface area (Å²) in [5.41, 5.74) is 0.292. The van der Waals surface area contributed by atoms with Crippen LogP contribution in [0.15, 0.2) is 24.3 Å². The number of carbonyl (C=O) groups excluding carboxylic acids is 1. The van der Waals surface area contributed by atoms with Crippen LogP contribution in [0.3, 0.4) is 0 Å². The van der Waals surface area contributed by atoms with Crippen LogP contribution >= 0.6 is 27.5 Å². The number of alkyl halides is 1. The maximum atomic E-state index is 11.7. The second-order valence-corrected chi connectivity index (χ2v) is 3.59. The maximum absolute atomic E-state index is 11.7. The van der Waals surface area contributed by atoms with E-state index in [2.05, 4.69) is 15.9 Å². The van der Waals surface area contributed by atoms with E-state index in [0.29, 0.717) is 10.6 Å². The molecular weight excluding hydrogens is 239 g/mol. The zero-order valence-corrected chi connectivity index (χ0v) is 8.39. The van der Waals surface area contributed by atoms with Crippen LogP contribution in [0.4, 0.5) is 0 Å². The second-order valence-electron chi connectivity index (χ2n) is 2.24. The number of rotatable bonds is 2. The molecule has 1 aromatic carbocycles. The van der Waals surface area contributed by atoms with Gasteiger partial charge in [-0.25, -0.2) is 0 Å². The molecule has 12 heavy (non-hydrogen) atoms. The van der Waals surface area contributed by atoms with Crippen LogP contribution < -0.4 is 0 Å². The van der Waals surface area contributed by atoms with E-state index in [4.69, 9.17) is 15.7 Å². The highest BCUT2D eigenvalue weighted by molar-refractivity contribution is 9.10. The average Bonchev–Trinajstić information content (AvgIpc) is 2.14. The molecule has 0 radical (unpaired) electrons. The number of carbonyl (C=O) groups is 1. The summed E-state index contributed by atoms with van der Waals surface area (Å²) < 4.78 is 21.3. The van der Waals surface area contributed by atoms with Crippen LogP contribution in [0.2, 0.25) is 5.02 Å². The summed E-state index contributed by atoms with van der Waals surface area (Å²) in [5, 5.41) is 0.408. The van der Waals surface area contributed by atoms with E-state index in [1.165, 1.54) is 12.1 Å². The van der Waals surface area contributed by atoms with E-state index in [1.54, 1.807) is 12.1 Å². The predicted octanol–water partition coefficient (Wildman–Crippen LogP) is 3.31. The van der Waals surface area contributed by atoms with Gasteiger partial charge in [-0.15, -0.1) is 0 Å². The van der Waals surface area contributed by atoms with Crippen molar-refractivity contribution >= 4 is 33.3 Å². The molecular formula is C9H8BrClO. The van der Waals surface area contributed by atoms with Crippen LogP contribution in [0, 0.1) is 0 Å². The summed E-state index contributed by atoms with van der Waals surface area (Å²) in [6.45, 7) is -2.35. The molecule has 0 aliphatic heterocycles. The van der Waals surface area contributed by atoms with Crippen LogP contribution in [0.5, 0.6) is 0 Å². The Balaban J connectivity index is 2.95. The molecule has 1 rings (SSSR count). The van der Waals surface area contributed by atoms with Crippen molar-refractivity contribution in [2.45, 2.75) is 11.7 Å². The fourth-order valence-electron chi connectivity index (χ4n) is 0.788. The third-order valence-electron chi connectivity index (χ3n) is 1.34. The van der Waals surface area contributed by atoms with Gasteiger partial charge >= 0.3 is 0 Å². The highest BCUT2D eigenvalue weighted by Crippen LogP contribution is 2.14. The lowest BCUT2D eigenvalue weighted by Gasteiger charge is -2.01. The molecule has 0 saturated heterocycles. The van der Waals surface area contributed by atoms with E-state index in [9.17, 15) is 4.79 Å². The number of benzene rings is 1. The first kappa shape index (κ1) is 6.17. The Kier molecular flexibility index (Phi) is 2.08. The Morgan fingerprint density at radius 3 is 3.08 bits per heavy atom. The van der Waals surface area contributed by atoms with Crippen molar-refractivity contribution in [3.63, 3.8) is 0 Å². The molecule has 0 bridgehead atoms. The molecule has 1 atom stereocenters. The molecule has 0 aromatic heterocycles. The van der Waals surface area contributed by atoms with Crippen molar-refractivity contribution in [2.75, 3.05) is 0 Å². The minimum absolute atomic E-state index is 0.292. The van der Waals surface area contributed by atoms with Gasteiger partial charge in [0.25, 0.3) is 0 Å². The molecule has 0 N–H and O–H groups in total. The zero-order chi connectivity index (χ0) is 11.6. The Labute approximate surface area is 89.1 Å². The van der Waals surface area contributed by atoms with E-state index < -0.39 is 17.5 Å². The second kappa shape index (κ2) is 4.06. The van der Waals surface area contributed by atoms with Crippen molar-refractivity contribution < 1.29 is 8.91 Å². The molecule has 0 amide bonds. The predicted molar refractivity (Wildman–Crippen MR) is 54.2 cm³/mol. The molecule has 0 fully saturated rings. The van der Waals surface area contributed by atoms with Crippen molar-refractivity contribution in [2.24, 2.45) is 0 Å². The third-order valence-corrected chi connectivity index (χ3v) is 1.99. The van der Waals surface area contributed by atoms with E-state index in [1.807, 2.05) is 0 Å². The molecule has 1 unspecified atom stereocenters. The van der Waals surface area contributed by atoms with Gasteiger partial charge in [0.2, 0.25) is 0 Å². The molecule has 0 spiro atoms. The Morgan fingerprint density at radius 2 is 2.50 bits per heavy atom. The minimum atomic E-state index is -2.35. The first-order chi connectivity index (χ1) is 6.82. The van der Waals surface area contributed by atoms with Gasteiger partial charge in [0.1, 0.15) is 0 Å². The van der Waals surface area contributed by atoms with Crippen LogP contribution in [-0.2, 0) is 0 Å². The first-order valence-electron chi connectivity index (χ1n) is 4.76. The molecule has 0 aliphatic rings. The fraction of sp³-hybridized carbons (Fsp3) is 0.222. The quantitative estimate of drug-likeness (QED) is 0.581. The lowest BCUT2D eigenvalue weighted by Crippen LogP contribution is -2.09. The first-order valence-corrected chi connectivity index (χ1v) is 4.55. The Morgan fingerprint density at radius 1 is 1.75 bits per heavy atom. The zero-order valence-electron chi connectivity index (χ0n) is 9.05.